The quantitative estimate of drug-likeness (QED) is 0.0373. The van der Waals surface area contributed by atoms with Gasteiger partial charge in [-0.15, -0.1) is 0 Å². The molecule has 1 atom stereocenters. The van der Waals surface area contributed by atoms with Crippen LogP contribution in [0.15, 0.2) is 12.2 Å². The molecule has 1 unspecified atom stereocenters. The monoisotopic (exact) mass is 1140 g/mol. The molecule has 0 aliphatic carbocycles. The maximum absolute atomic E-state index is 12.4. The molecule has 0 saturated heterocycles. The molecule has 0 aromatic carbocycles. The average Bonchev–Trinajstić information content (AvgIpc) is 3.47. The highest BCUT2D eigenvalue weighted by molar-refractivity contribution is 5.70. The van der Waals surface area contributed by atoms with Gasteiger partial charge in [0, 0.05) is 12.8 Å². The first-order chi connectivity index (χ1) is 40.1. The van der Waals surface area contributed by atoms with Crippen molar-refractivity contribution >= 4 is 11.9 Å². The van der Waals surface area contributed by atoms with E-state index in [1.807, 2.05) is 0 Å². The van der Waals surface area contributed by atoms with Gasteiger partial charge in [-0.1, -0.05) is 405 Å². The van der Waals surface area contributed by atoms with E-state index < -0.39 is 6.10 Å². The van der Waals surface area contributed by atoms with Crippen molar-refractivity contribution in [2.24, 2.45) is 0 Å². The van der Waals surface area contributed by atoms with Gasteiger partial charge in [-0.3, -0.25) is 9.59 Å². The predicted octanol–water partition coefficient (Wildman–Crippen LogP) is 26.2. The largest absolute Gasteiger partial charge is 0.462 e. The van der Waals surface area contributed by atoms with Crippen molar-refractivity contribution < 1.29 is 24.2 Å². The Morgan fingerprint density at radius 1 is 0.272 bits per heavy atom. The van der Waals surface area contributed by atoms with Gasteiger partial charge < -0.3 is 14.6 Å². The zero-order valence-corrected chi connectivity index (χ0v) is 55.6. The van der Waals surface area contributed by atoms with Crippen LogP contribution in [-0.2, 0) is 19.1 Å². The smallest absolute Gasteiger partial charge is 0.306 e. The minimum Gasteiger partial charge on any atom is -0.462 e. The molecule has 0 fully saturated rings. The molecule has 81 heavy (non-hydrogen) atoms. The lowest BCUT2D eigenvalue weighted by Crippen LogP contribution is -2.28. The molecular weight excluding hydrogens is 993 g/mol. The van der Waals surface area contributed by atoms with Gasteiger partial charge in [0.25, 0.3) is 0 Å². The van der Waals surface area contributed by atoms with E-state index in [0.717, 1.165) is 32.1 Å². The van der Waals surface area contributed by atoms with Crippen LogP contribution in [0.4, 0.5) is 0 Å². The van der Waals surface area contributed by atoms with Crippen LogP contribution in [0.2, 0.25) is 0 Å². The number of ether oxygens (including phenoxy) is 2. The summed E-state index contributed by atoms with van der Waals surface area (Å²) in [5, 5.41) is 9.71. The molecule has 482 valence electrons. The third-order valence-electron chi connectivity index (χ3n) is 17.8. The van der Waals surface area contributed by atoms with Crippen LogP contribution in [0.5, 0.6) is 0 Å². The van der Waals surface area contributed by atoms with E-state index in [4.69, 9.17) is 9.47 Å². The molecule has 0 aromatic heterocycles. The van der Waals surface area contributed by atoms with Crippen molar-refractivity contribution in [1.82, 2.24) is 0 Å². The third kappa shape index (κ3) is 71.0. The van der Waals surface area contributed by atoms with Crippen molar-refractivity contribution in [2.75, 3.05) is 13.2 Å². The van der Waals surface area contributed by atoms with E-state index in [1.54, 1.807) is 0 Å². The molecule has 5 heteroatoms. The SMILES string of the molecule is CCCCCCCCCC/C=C\CCCCCCCCCCCCCCCCCCCC(=O)OC(CO)COC(=O)CCCCCCCCCCCCCCCCCCCCCCCCCCCCCCCCCCCCCCCC. The number of aliphatic hydroxyl groups excluding tert-OH is 1. The van der Waals surface area contributed by atoms with E-state index in [0.29, 0.717) is 12.8 Å². The second-order valence-corrected chi connectivity index (χ2v) is 26.1. The molecule has 0 radical (unpaired) electrons. The van der Waals surface area contributed by atoms with Crippen LogP contribution in [0, 0.1) is 0 Å². The Bertz CT molecular complexity index is 1200. The van der Waals surface area contributed by atoms with E-state index >= 15 is 0 Å². The lowest BCUT2D eigenvalue weighted by molar-refractivity contribution is -0.161. The van der Waals surface area contributed by atoms with Crippen molar-refractivity contribution in [2.45, 2.75) is 450 Å². The molecule has 0 aromatic rings. The standard InChI is InChI=1S/C76H148O5/c1-3-5-7-9-11-13-15-17-19-21-23-25-27-29-31-33-34-35-36-37-38-39-40-41-43-44-46-48-50-52-54-56-58-60-62-64-66-68-70-75(78)80-73-74(72-77)81-76(79)71-69-67-65-63-61-59-57-55-53-51-49-47-45-42-32-30-28-26-24-22-20-18-16-14-12-10-8-6-4-2/h22,24,74,77H,3-21,23,25-73H2,1-2H3/b24-22-. The van der Waals surface area contributed by atoms with E-state index in [2.05, 4.69) is 26.0 Å². The highest BCUT2D eigenvalue weighted by atomic mass is 16.6. The van der Waals surface area contributed by atoms with Crippen LogP contribution in [0.25, 0.3) is 0 Å². The number of allylic oxidation sites excluding steroid dienone is 2. The van der Waals surface area contributed by atoms with Gasteiger partial charge in [-0.05, 0) is 38.5 Å². The fourth-order valence-corrected chi connectivity index (χ4v) is 12.1. The Kier molecular flexibility index (Phi) is 71.7. The zero-order chi connectivity index (χ0) is 58.4. The Morgan fingerprint density at radius 3 is 0.667 bits per heavy atom. The number of carbonyl (C=O) groups is 2. The number of unbranched alkanes of at least 4 members (excludes halogenated alkanes) is 62. The number of hydrogen-bond donors (Lipinski definition) is 1. The summed E-state index contributed by atoms with van der Waals surface area (Å²) < 4.78 is 10.8. The van der Waals surface area contributed by atoms with Crippen LogP contribution in [0.3, 0.4) is 0 Å². The number of esters is 2. The zero-order valence-electron chi connectivity index (χ0n) is 55.6. The highest BCUT2D eigenvalue weighted by Crippen LogP contribution is 2.20. The fraction of sp³-hybridized carbons (Fsp3) is 0.947. The van der Waals surface area contributed by atoms with E-state index in [1.165, 1.54) is 385 Å². The maximum atomic E-state index is 12.4. The van der Waals surface area contributed by atoms with Gasteiger partial charge in [0.1, 0.15) is 6.61 Å². The Hall–Kier alpha value is -1.36. The van der Waals surface area contributed by atoms with Crippen LogP contribution < -0.4 is 0 Å². The molecule has 0 aliphatic heterocycles. The van der Waals surface area contributed by atoms with E-state index in [-0.39, 0.29) is 25.2 Å². The van der Waals surface area contributed by atoms with Crippen molar-refractivity contribution in [3.05, 3.63) is 12.2 Å². The molecule has 0 saturated carbocycles. The first-order valence-electron chi connectivity index (χ1n) is 37.7. The van der Waals surface area contributed by atoms with Crippen molar-refractivity contribution in [3.8, 4) is 0 Å². The number of carbonyl (C=O) groups excluding carboxylic acids is 2. The van der Waals surface area contributed by atoms with E-state index in [9.17, 15) is 14.7 Å². The molecule has 0 rings (SSSR count). The second-order valence-electron chi connectivity index (χ2n) is 26.1. The van der Waals surface area contributed by atoms with Crippen LogP contribution in [0.1, 0.15) is 444 Å². The summed E-state index contributed by atoms with van der Waals surface area (Å²) in [7, 11) is 0. The lowest BCUT2D eigenvalue weighted by Gasteiger charge is -2.15. The molecule has 5 nitrogen and oxygen atoms in total. The summed E-state index contributed by atoms with van der Waals surface area (Å²) in [6.45, 7) is 4.22. The predicted molar refractivity (Wildman–Crippen MR) is 358 cm³/mol. The van der Waals surface area contributed by atoms with Gasteiger partial charge >= 0.3 is 11.9 Å². The summed E-state index contributed by atoms with van der Waals surface area (Å²) in [5.74, 6) is -0.560. The molecule has 0 heterocycles. The summed E-state index contributed by atoms with van der Waals surface area (Å²) in [4.78, 5) is 24.7. The van der Waals surface area contributed by atoms with Gasteiger partial charge in [-0.2, -0.15) is 0 Å². The molecule has 0 spiro atoms. The minimum absolute atomic E-state index is 0.0568. The third-order valence-corrected chi connectivity index (χ3v) is 17.8. The van der Waals surface area contributed by atoms with Gasteiger partial charge in [-0.25, -0.2) is 0 Å². The Labute approximate surface area is 509 Å². The molecule has 1 N–H and O–H groups in total. The van der Waals surface area contributed by atoms with Gasteiger partial charge in [0.05, 0.1) is 6.61 Å². The molecular formula is C76H148O5. The van der Waals surface area contributed by atoms with Crippen LogP contribution >= 0.6 is 0 Å². The Morgan fingerprint density at radius 2 is 0.457 bits per heavy atom. The fourth-order valence-electron chi connectivity index (χ4n) is 12.1. The number of rotatable bonds is 72. The molecule has 0 aliphatic rings. The lowest BCUT2D eigenvalue weighted by atomic mass is 10.0. The first kappa shape index (κ1) is 79.6. The topological polar surface area (TPSA) is 72.8 Å². The molecule has 0 bridgehead atoms. The summed E-state index contributed by atoms with van der Waals surface area (Å²) in [5.41, 5.74) is 0. The summed E-state index contributed by atoms with van der Waals surface area (Å²) in [6, 6.07) is 0. The van der Waals surface area contributed by atoms with Crippen molar-refractivity contribution in [3.63, 3.8) is 0 Å². The number of hydrogen-bond acceptors (Lipinski definition) is 5. The summed E-state index contributed by atoms with van der Waals surface area (Å²) >= 11 is 0. The van der Waals surface area contributed by atoms with Crippen LogP contribution in [-0.4, -0.2) is 36.4 Å². The van der Waals surface area contributed by atoms with Crippen molar-refractivity contribution in [1.29, 1.82) is 0 Å². The van der Waals surface area contributed by atoms with Gasteiger partial charge in [0.15, 0.2) is 6.10 Å². The number of aliphatic hydroxyl groups is 1. The average molecular weight is 1140 g/mol. The summed E-state index contributed by atoms with van der Waals surface area (Å²) in [6.07, 6.45) is 94.3. The van der Waals surface area contributed by atoms with Gasteiger partial charge in [0.2, 0.25) is 0 Å². The second kappa shape index (κ2) is 72.9. The maximum Gasteiger partial charge on any atom is 0.306 e. The minimum atomic E-state index is -0.768. The normalized spacial score (nSPS) is 12.1. The molecule has 0 amide bonds. The highest BCUT2D eigenvalue weighted by Gasteiger charge is 2.16. The Balaban J connectivity index is 3.34. The first-order valence-corrected chi connectivity index (χ1v) is 37.7.